The molecule has 8 heteroatoms. The molecule has 1 amide bonds. The summed E-state index contributed by atoms with van der Waals surface area (Å²) in [6.45, 7) is 3.37. The van der Waals surface area contributed by atoms with Crippen LogP contribution in [0, 0.1) is 11.6 Å². The molecule has 1 heterocycles. The van der Waals surface area contributed by atoms with E-state index in [1.165, 1.54) is 17.4 Å². The molecule has 0 saturated carbocycles. The molecule has 0 aliphatic carbocycles. The first-order chi connectivity index (χ1) is 12.5. The van der Waals surface area contributed by atoms with E-state index in [1.807, 2.05) is 29.7 Å². The van der Waals surface area contributed by atoms with Gasteiger partial charge in [-0.3, -0.25) is 4.79 Å². The summed E-state index contributed by atoms with van der Waals surface area (Å²) < 4.78 is 36.7. The zero-order valence-electron chi connectivity index (χ0n) is 13.8. The van der Waals surface area contributed by atoms with E-state index in [0.717, 1.165) is 26.8 Å². The molecule has 0 unspecified atom stereocenters. The first-order valence-electron chi connectivity index (χ1n) is 7.91. The van der Waals surface area contributed by atoms with Crippen molar-refractivity contribution >= 4 is 43.4 Å². The van der Waals surface area contributed by atoms with Crippen molar-refractivity contribution in [2.45, 2.75) is 13.5 Å². The zero-order valence-corrected chi connectivity index (χ0v) is 16.2. The van der Waals surface area contributed by atoms with Gasteiger partial charge in [0.05, 0.1) is 16.8 Å². The molecule has 0 spiro atoms. The van der Waals surface area contributed by atoms with Crippen LogP contribution in [0.5, 0.6) is 0 Å². The number of carbonyl (C=O) groups excluding carboxylic acids is 1. The second-order valence-electron chi connectivity index (χ2n) is 5.36. The molecule has 4 nitrogen and oxygen atoms in total. The summed E-state index contributed by atoms with van der Waals surface area (Å²) in [6.07, 6.45) is 0. The number of ether oxygens (including phenoxy) is 1. The van der Waals surface area contributed by atoms with Gasteiger partial charge in [-0.25, -0.2) is 8.78 Å². The minimum atomic E-state index is -0.948. The monoisotopic (exact) mass is 440 g/mol. The van der Waals surface area contributed by atoms with Crippen molar-refractivity contribution in [2.75, 3.05) is 13.2 Å². The van der Waals surface area contributed by atoms with Crippen molar-refractivity contribution in [1.29, 1.82) is 0 Å². The predicted molar refractivity (Wildman–Crippen MR) is 100 cm³/mol. The standard InChI is InChI=1S/C18H15BrF2N2O2S/c1-2-25-9-8-23-14-7-6-11(19)10-15(14)26-18(23)22-17(24)16-12(20)4-3-5-13(16)21/h3-7,10H,2,8-9H2,1H3. The average molecular weight is 441 g/mol. The molecule has 0 fully saturated rings. The Bertz CT molecular complexity index is 1010. The summed E-state index contributed by atoms with van der Waals surface area (Å²) in [7, 11) is 0. The molecule has 0 radical (unpaired) electrons. The average Bonchev–Trinajstić information content (AvgIpc) is 2.91. The molecule has 0 aliphatic rings. The molecule has 0 saturated heterocycles. The maximum atomic E-state index is 13.9. The molecule has 3 aromatic rings. The Hall–Kier alpha value is -1.90. The fourth-order valence-corrected chi connectivity index (χ4v) is 4.10. The maximum absolute atomic E-state index is 13.9. The molecule has 1 aromatic heterocycles. The van der Waals surface area contributed by atoms with E-state index in [2.05, 4.69) is 20.9 Å². The number of halogens is 3. The second-order valence-corrected chi connectivity index (χ2v) is 7.28. The molecule has 0 aliphatic heterocycles. The van der Waals surface area contributed by atoms with Crippen molar-refractivity contribution in [1.82, 2.24) is 4.57 Å². The topological polar surface area (TPSA) is 43.6 Å². The normalized spacial score (nSPS) is 12.1. The summed E-state index contributed by atoms with van der Waals surface area (Å²) >= 11 is 4.69. The highest BCUT2D eigenvalue weighted by molar-refractivity contribution is 9.10. The van der Waals surface area contributed by atoms with Gasteiger partial charge in [-0.15, -0.1) is 0 Å². The van der Waals surface area contributed by atoms with Crippen LogP contribution in [0.15, 0.2) is 45.9 Å². The van der Waals surface area contributed by atoms with E-state index in [-0.39, 0.29) is 0 Å². The second kappa shape index (κ2) is 8.20. The van der Waals surface area contributed by atoms with Crippen molar-refractivity contribution in [3.63, 3.8) is 0 Å². The SMILES string of the molecule is CCOCCn1c(=NC(=O)c2c(F)cccc2F)sc2cc(Br)ccc21. The van der Waals surface area contributed by atoms with Crippen molar-refractivity contribution in [3.8, 4) is 0 Å². The molecular weight excluding hydrogens is 426 g/mol. The van der Waals surface area contributed by atoms with E-state index >= 15 is 0 Å². The number of carbonyl (C=O) groups is 1. The van der Waals surface area contributed by atoms with Crippen molar-refractivity contribution < 1.29 is 18.3 Å². The highest BCUT2D eigenvalue weighted by Crippen LogP contribution is 2.22. The van der Waals surface area contributed by atoms with Crippen LogP contribution in [0.2, 0.25) is 0 Å². The van der Waals surface area contributed by atoms with Crippen LogP contribution in [-0.2, 0) is 11.3 Å². The summed E-state index contributed by atoms with van der Waals surface area (Å²) in [4.78, 5) is 16.7. The van der Waals surface area contributed by atoms with Crippen LogP contribution < -0.4 is 4.80 Å². The van der Waals surface area contributed by atoms with Crippen LogP contribution in [0.3, 0.4) is 0 Å². The molecule has 2 aromatic carbocycles. The summed E-state index contributed by atoms with van der Waals surface area (Å²) in [6, 6.07) is 8.97. The van der Waals surface area contributed by atoms with Crippen LogP contribution in [-0.4, -0.2) is 23.7 Å². The van der Waals surface area contributed by atoms with Gasteiger partial charge in [0.2, 0.25) is 0 Å². The van der Waals surface area contributed by atoms with Crippen LogP contribution >= 0.6 is 27.3 Å². The third-order valence-electron chi connectivity index (χ3n) is 3.68. The van der Waals surface area contributed by atoms with Crippen molar-refractivity contribution in [3.05, 3.63) is 62.9 Å². The van der Waals surface area contributed by atoms with Crippen molar-refractivity contribution in [2.24, 2.45) is 4.99 Å². The Kier molecular flexibility index (Phi) is 5.95. The lowest BCUT2D eigenvalue weighted by atomic mass is 10.2. The van der Waals surface area contributed by atoms with Gasteiger partial charge in [0.15, 0.2) is 4.80 Å². The zero-order chi connectivity index (χ0) is 18.7. The number of fused-ring (bicyclic) bond motifs is 1. The minimum absolute atomic E-state index is 0.366. The number of rotatable bonds is 5. The third-order valence-corrected chi connectivity index (χ3v) is 5.22. The first-order valence-corrected chi connectivity index (χ1v) is 9.52. The molecule has 26 heavy (non-hydrogen) atoms. The Morgan fingerprint density at radius 1 is 1.27 bits per heavy atom. The van der Waals surface area contributed by atoms with Crippen LogP contribution in [0.25, 0.3) is 10.2 Å². The smallest absolute Gasteiger partial charge is 0.285 e. The van der Waals surface area contributed by atoms with Gasteiger partial charge in [-0.05, 0) is 37.3 Å². The molecule has 3 rings (SSSR count). The lowest BCUT2D eigenvalue weighted by Gasteiger charge is -2.05. The van der Waals surface area contributed by atoms with E-state index in [0.29, 0.717) is 24.6 Å². The summed E-state index contributed by atoms with van der Waals surface area (Å²) in [5.74, 6) is -2.80. The van der Waals surface area contributed by atoms with E-state index in [9.17, 15) is 13.6 Å². The van der Waals surface area contributed by atoms with Crippen LogP contribution in [0.1, 0.15) is 17.3 Å². The molecular formula is C18H15BrF2N2O2S. The quantitative estimate of drug-likeness (QED) is 0.547. The number of hydrogen-bond donors (Lipinski definition) is 0. The summed E-state index contributed by atoms with van der Waals surface area (Å²) in [5.41, 5.74) is 0.223. The van der Waals surface area contributed by atoms with E-state index in [1.54, 1.807) is 0 Å². The van der Waals surface area contributed by atoms with Gasteiger partial charge in [-0.2, -0.15) is 4.99 Å². The number of aromatic nitrogens is 1. The van der Waals surface area contributed by atoms with Crippen LogP contribution in [0.4, 0.5) is 8.78 Å². The maximum Gasteiger partial charge on any atom is 0.285 e. The Labute approximate surface area is 160 Å². The first kappa shape index (κ1) is 18.9. The highest BCUT2D eigenvalue weighted by Gasteiger charge is 2.17. The molecule has 0 atom stereocenters. The lowest BCUT2D eigenvalue weighted by Crippen LogP contribution is -2.20. The molecule has 136 valence electrons. The number of amides is 1. The van der Waals surface area contributed by atoms with E-state index in [4.69, 9.17) is 4.74 Å². The Balaban J connectivity index is 2.11. The van der Waals surface area contributed by atoms with Gasteiger partial charge in [0.1, 0.15) is 17.2 Å². The molecule has 0 N–H and O–H groups in total. The number of nitrogens with zero attached hydrogens (tertiary/aromatic N) is 2. The predicted octanol–water partition coefficient (Wildman–Crippen LogP) is 4.52. The number of thiazole rings is 1. The van der Waals surface area contributed by atoms with E-state index < -0.39 is 23.1 Å². The number of benzene rings is 2. The minimum Gasteiger partial charge on any atom is -0.380 e. The van der Waals surface area contributed by atoms with Gasteiger partial charge in [0.25, 0.3) is 5.91 Å². The number of hydrogen-bond acceptors (Lipinski definition) is 3. The lowest BCUT2D eigenvalue weighted by molar-refractivity contribution is 0.0988. The summed E-state index contributed by atoms with van der Waals surface area (Å²) in [5, 5.41) is 0. The van der Waals surface area contributed by atoms with Gasteiger partial charge in [-0.1, -0.05) is 33.3 Å². The molecule has 0 bridgehead atoms. The third kappa shape index (κ3) is 3.92. The largest absolute Gasteiger partial charge is 0.380 e. The Morgan fingerprint density at radius 2 is 2.00 bits per heavy atom. The highest BCUT2D eigenvalue weighted by atomic mass is 79.9. The van der Waals surface area contributed by atoms with Gasteiger partial charge < -0.3 is 9.30 Å². The van der Waals surface area contributed by atoms with Gasteiger partial charge in [0, 0.05) is 17.6 Å². The van der Waals surface area contributed by atoms with Gasteiger partial charge >= 0.3 is 0 Å². The fourth-order valence-electron chi connectivity index (χ4n) is 2.49. The Morgan fingerprint density at radius 3 is 2.69 bits per heavy atom. The fraction of sp³-hybridized carbons (Fsp3) is 0.222.